The van der Waals surface area contributed by atoms with Crippen LogP contribution in [0.2, 0.25) is 0 Å². The lowest BCUT2D eigenvalue weighted by molar-refractivity contribution is 0.101. The number of anilines is 1. The molecule has 8 nitrogen and oxygen atoms in total. The summed E-state index contributed by atoms with van der Waals surface area (Å²) < 4.78 is 4.64. The van der Waals surface area contributed by atoms with E-state index in [2.05, 4.69) is 63.2 Å². The second kappa shape index (κ2) is 8.73. The maximum absolute atomic E-state index is 13.0. The summed E-state index contributed by atoms with van der Waals surface area (Å²) in [6.07, 6.45) is 0. The molecule has 3 rings (SSSR count). The van der Waals surface area contributed by atoms with Crippen molar-refractivity contribution in [1.82, 2.24) is 24.6 Å². The van der Waals surface area contributed by atoms with Crippen molar-refractivity contribution in [2.24, 2.45) is 5.41 Å². The number of hydrogen-bond acceptors (Lipinski definition) is 5. The Labute approximate surface area is 189 Å². The molecule has 1 aromatic carbocycles. The van der Waals surface area contributed by atoms with Crippen LogP contribution >= 0.6 is 22.6 Å². The molecule has 0 radical (unpaired) electrons. The van der Waals surface area contributed by atoms with E-state index in [0.717, 1.165) is 21.3 Å². The molecule has 2 heterocycles. The first kappa shape index (κ1) is 22.2. The topological polar surface area (TPSA) is 101 Å². The molecule has 0 aliphatic rings. The van der Waals surface area contributed by atoms with Crippen molar-refractivity contribution in [3.8, 4) is 6.07 Å². The normalized spacial score (nSPS) is 11.6. The van der Waals surface area contributed by atoms with E-state index in [9.17, 15) is 10.1 Å². The molecule has 3 aromatic rings. The highest BCUT2D eigenvalue weighted by Crippen LogP contribution is 2.30. The number of imidazole rings is 1. The highest BCUT2D eigenvalue weighted by Gasteiger charge is 2.25. The molecular formula is C21H26IN7O. The second-order valence-corrected chi connectivity index (χ2v) is 9.26. The largest absolute Gasteiger partial charge is 0.319 e. The third-order valence-corrected chi connectivity index (χ3v) is 5.65. The van der Waals surface area contributed by atoms with E-state index in [0.29, 0.717) is 35.8 Å². The molecule has 0 fully saturated rings. The zero-order valence-electron chi connectivity index (χ0n) is 17.9. The third kappa shape index (κ3) is 4.49. The van der Waals surface area contributed by atoms with Gasteiger partial charge in [0.1, 0.15) is 5.69 Å². The summed E-state index contributed by atoms with van der Waals surface area (Å²) in [4.78, 5) is 17.7. The van der Waals surface area contributed by atoms with Gasteiger partial charge < -0.3 is 9.88 Å². The van der Waals surface area contributed by atoms with Crippen molar-refractivity contribution < 1.29 is 4.79 Å². The van der Waals surface area contributed by atoms with Crippen LogP contribution < -0.4 is 10.6 Å². The third-order valence-electron chi connectivity index (χ3n) is 4.83. The molecule has 1 amide bonds. The average Bonchev–Trinajstić information content (AvgIpc) is 3.21. The molecule has 0 saturated carbocycles. The number of halogens is 1. The molecule has 0 atom stereocenters. The fraction of sp³-hybridized carbons (Fsp3) is 0.429. The summed E-state index contributed by atoms with van der Waals surface area (Å²) in [7, 11) is 1.92. The Bertz CT molecular complexity index is 1140. The number of amides is 1. The van der Waals surface area contributed by atoms with E-state index in [1.807, 2.05) is 31.5 Å². The number of nitrogens with zero attached hydrogens (tertiary/aromatic N) is 5. The van der Waals surface area contributed by atoms with Gasteiger partial charge in [-0.25, -0.2) is 4.98 Å². The zero-order chi connectivity index (χ0) is 22.1. The van der Waals surface area contributed by atoms with E-state index in [4.69, 9.17) is 0 Å². The molecule has 2 N–H and O–H groups in total. The van der Waals surface area contributed by atoms with E-state index < -0.39 is 0 Å². The van der Waals surface area contributed by atoms with Crippen molar-refractivity contribution in [1.29, 1.82) is 5.26 Å². The first-order valence-electron chi connectivity index (χ1n) is 9.79. The van der Waals surface area contributed by atoms with Gasteiger partial charge in [-0.2, -0.15) is 10.4 Å². The van der Waals surface area contributed by atoms with Gasteiger partial charge in [-0.05, 0) is 67.1 Å². The number of nitriles is 1. The lowest BCUT2D eigenvalue weighted by Crippen LogP contribution is -2.32. The van der Waals surface area contributed by atoms with Crippen LogP contribution in [0, 0.1) is 27.2 Å². The highest BCUT2D eigenvalue weighted by atomic mass is 127. The highest BCUT2D eigenvalue weighted by molar-refractivity contribution is 14.1. The van der Waals surface area contributed by atoms with Gasteiger partial charge in [-0.1, -0.05) is 13.8 Å². The van der Waals surface area contributed by atoms with Crippen LogP contribution in [0.4, 0.5) is 5.95 Å². The minimum Gasteiger partial charge on any atom is -0.319 e. The van der Waals surface area contributed by atoms with Gasteiger partial charge in [0.2, 0.25) is 5.95 Å². The second-order valence-electron chi connectivity index (χ2n) is 8.09. The smallest absolute Gasteiger partial charge is 0.276 e. The summed E-state index contributed by atoms with van der Waals surface area (Å²) in [6.45, 7) is 10.2. The van der Waals surface area contributed by atoms with Gasteiger partial charge in [0.05, 0.1) is 28.4 Å². The van der Waals surface area contributed by atoms with Crippen LogP contribution in [0.5, 0.6) is 0 Å². The van der Waals surface area contributed by atoms with Gasteiger partial charge in [0.15, 0.2) is 0 Å². The maximum atomic E-state index is 13.0. The summed E-state index contributed by atoms with van der Waals surface area (Å²) >= 11 is 2.22. The van der Waals surface area contributed by atoms with Crippen LogP contribution in [0.1, 0.15) is 42.5 Å². The Kier molecular flexibility index (Phi) is 6.47. The average molecular weight is 519 g/mol. The quantitative estimate of drug-likeness (QED) is 0.466. The predicted molar refractivity (Wildman–Crippen MR) is 125 cm³/mol. The molecule has 9 heteroatoms. The lowest BCUT2D eigenvalue weighted by atomic mass is 9.93. The fourth-order valence-corrected chi connectivity index (χ4v) is 4.53. The van der Waals surface area contributed by atoms with Crippen molar-refractivity contribution in [2.75, 3.05) is 18.9 Å². The number of carbonyl (C=O) groups excluding carboxylic acids is 1. The van der Waals surface area contributed by atoms with Crippen LogP contribution in [0.15, 0.2) is 18.2 Å². The lowest BCUT2D eigenvalue weighted by Gasteiger charge is -2.26. The number of rotatable bonds is 7. The van der Waals surface area contributed by atoms with Crippen LogP contribution in [-0.2, 0) is 13.1 Å². The number of aromatic nitrogens is 4. The fourth-order valence-electron chi connectivity index (χ4n) is 3.63. The van der Waals surface area contributed by atoms with Crippen LogP contribution in [-0.4, -0.2) is 38.8 Å². The van der Waals surface area contributed by atoms with Crippen molar-refractivity contribution >= 4 is 45.5 Å². The first-order chi connectivity index (χ1) is 14.2. The number of hydrogen-bond donors (Lipinski definition) is 2. The Morgan fingerprint density at radius 3 is 2.70 bits per heavy atom. The molecule has 0 saturated heterocycles. The molecule has 2 aromatic heterocycles. The molecule has 0 bridgehead atoms. The minimum atomic E-state index is -0.254. The zero-order valence-corrected chi connectivity index (χ0v) is 20.0. The molecule has 158 valence electrons. The van der Waals surface area contributed by atoms with E-state index in [1.54, 1.807) is 16.8 Å². The monoisotopic (exact) mass is 519 g/mol. The molecule has 0 aliphatic carbocycles. The Morgan fingerprint density at radius 1 is 1.33 bits per heavy atom. The van der Waals surface area contributed by atoms with E-state index in [1.165, 1.54) is 0 Å². The van der Waals surface area contributed by atoms with Crippen LogP contribution in [0.25, 0.3) is 11.0 Å². The molecule has 30 heavy (non-hydrogen) atoms. The molecular weight excluding hydrogens is 493 g/mol. The van der Waals surface area contributed by atoms with Gasteiger partial charge in [0.25, 0.3) is 5.91 Å². The van der Waals surface area contributed by atoms with Gasteiger partial charge >= 0.3 is 0 Å². The summed E-state index contributed by atoms with van der Waals surface area (Å²) in [5.41, 5.74) is 3.35. The SMILES string of the molecule is CCn1nc(C)cc1C(=O)Nc1nc2cc(C#N)cc(I)c2n1CC(C)(C)CNC. The van der Waals surface area contributed by atoms with Crippen molar-refractivity contribution in [3.63, 3.8) is 0 Å². The predicted octanol–water partition coefficient (Wildman–Crippen LogP) is 3.54. The summed E-state index contributed by atoms with van der Waals surface area (Å²) in [5.74, 6) is 0.213. The molecule has 0 unspecified atom stereocenters. The maximum Gasteiger partial charge on any atom is 0.276 e. The number of aryl methyl sites for hydroxylation is 2. The van der Waals surface area contributed by atoms with Crippen molar-refractivity contribution in [2.45, 2.75) is 40.8 Å². The number of fused-ring (bicyclic) bond motifs is 1. The standard InChI is InChI=1S/C21H26IN7O/c1-6-29-17(7-13(2)27-29)19(30)26-20-25-16-9-14(10-23)8-15(22)18(16)28(20)12-21(3,4)11-24-5/h7-9,24H,6,11-12H2,1-5H3,(H,25,26,30). The van der Waals surface area contributed by atoms with Gasteiger partial charge in [-0.15, -0.1) is 0 Å². The molecule has 0 aliphatic heterocycles. The number of benzene rings is 1. The van der Waals surface area contributed by atoms with Crippen LogP contribution in [0.3, 0.4) is 0 Å². The van der Waals surface area contributed by atoms with Crippen molar-refractivity contribution in [3.05, 3.63) is 38.7 Å². The Hall–Kier alpha value is -2.45. The summed E-state index contributed by atoms with van der Waals surface area (Å²) in [6, 6.07) is 7.55. The first-order valence-corrected chi connectivity index (χ1v) is 10.9. The van der Waals surface area contributed by atoms with E-state index in [-0.39, 0.29) is 11.3 Å². The molecule has 0 spiro atoms. The minimum absolute atomic E-state index is 0.0827. The summed E-state index contributed by atoms with van der Waals surface area (Å²) in [5, 5.41) is 19.9. The number of nitrogens with one attached hydrogen (secondary N) is 2. The van der Waals surface area contributed by atoms with Gasteiger partial charge in [0, 0.05) is 23.2 Å². The number of carbonyl (C=O) groups is 1. The van der Waals surface area contributed by atoms with E-state index >= 15 is 0 Å². The van der Waals surface area contributed by atoms with Gasteiger partial charge in [-0.3, -0.25) is 14.8 Å². The Morgan fingerprint density at radius 2 is 2.07 bits per heavy atom. The Balaban J connectivity index is 2.10.